The van der Waals surface area contributed by atoms with Crippen LogP contribution in [0.1, 0.15) is 25.7 Å². The van der Waals surface area contributed by atoms with Crippen LogP contribution in [0.25, 0.3) is 0 Å². The van der Waals surface area contributed by atoms with Crippen molar-refractivity contribution in [3.05, 3.63) is 0 Å². The molecule has 1 aliphatic carbocycles. The molecule has 160 valence electrons. The monoisotopic (exact) mass is 432 g/mol. The second-order valence-corrected chi connectivity index (χ2v) is 9.47. The molecule has 26 heavy (non-hydrogen) atoms. The molecule has 1 saturated carbocycles. The lowest BCUT2D eigenvalue weighted by Crippen LogP contribution is -2.15. The number of fused-ring (bicyclic) bond motifs is 1. The molecule has 0 aromatic rings. The molecule has 10 heteroatoms. The minimum absolute atomic E-state index is 0.138. The van der Waals surface area contributed by atoms with E-state index in [4.69, 9.17) is 13.6 Å². The zero-order valence-electron chi connectivity index (χ0n) is 17.4. The third-order valence-electron chi connectivity index (χ3n) is 3.93. The molecule has 1 aliphatic heterocycles. The van der Waals surface area contributed by atoms with Gasteiger partial charge >= 0.3 is 0 Å². The van der Waals surface area contributed by atoms with E-state index in [1.807, 2.05) is 7.11 Å². The summed E-state index contributed by atoms with van der Waals surface area (Å²) in [7, 11) is 9.13. The van der Waals surface area contributed by atoms with E-state index in [1.165, 1.54) is 66.2 Å². The maximum Gasteiger partial charge on any atom is 0.161 e. The van der Waals surface area contributed by atoms with E-state index in [0.29, 0.717) is 12.2 Å². The van der Waals surface area contributed by atoms with E-state index in [9.17, 15) is 0 Å². The Hall–Kier alpha value is 0.504. The first kappa shape index (κ1) is 28.7. The van der Waals surface area contributed by atoms with Crippen LogP contribution >= 0.6 is 12.6 Å². The van der Waals surface area contributed by atoms with Gasteiger partial charge in [0.2, 0.25) is 0 Å². The summed E-state index contributed by atoms with van der Waals surface area (Å²) in [5, 5.41) is 0. The molecule has 2 fully saturated rings. The topological polar surface area (TPSA) is 67.9 Å². The van der Waals surface area contributed by atoms with Crippen LogP contribution in [-0.4, -0.2) is 80.1 Å². The van der Waals surface area contributed by atoms with Gasteiger partial charge in [0, 0.05) is 14.2 Å². The summed E-state index contributed by atoms with van der Waals surface area (Å²) in [5.41, 5.74) is 0. The second-order valence-electron chi connectivity index (χ2n) is 5.76. The van der Waals surface area contributed by atoms with Crippen molar-refractivity contribution in [1.29, 1.82) is 0 Å². The molecule has 2 aliphatic rings. The zero-order valence-corrected chi connectivity index (χ0v) is 21.1. The van der Waals surface area contributed by atoms with Gasteiger partial charge in [-0.1, -0.05) is 0 Å². The Morgan fingerprint density at radius 1 is 0.846 bits per heavy atom. The number of hydrogen-bond acceptors (Lipinski definition) is 8. The third-order valence-corrected chi connectivity index (χ3v) is 6.91. The van der Waals surface area contributed by atoms with E-state index >= 15 is 0 Å². The predicted molar refractivity (Wildman–Crippen MR) is 113 cm³/mol. The molecule has 2 rings (SSSR count). The van der Waals surface area contributed by atoms with Crippen LogP contribution < -0.4 is 0 Å². The van der Waals surface area contributed by atoms with Crippen molar-refractivity contribution < 1.29 is 33.1 Å². The highest BCUT2D eigenvalue weighted by Crippen LogP contribution is 2.40. The Labute approximate surface area is 169 Å². The summed E-state index contributed by atoms with van der Waals surface area (Å²) in [6.07, 6.45) is 6.56. The minimum Gasteiger partial charge on any atom is -0.427 e. The molecule has 0 aromatic carbocycles. The normalized spacial score (nSPS) is 23.4. The fourth-order valence-corrected chi connectivity index (χ4v) is 4.87. The summed E-state index contributed by atoms with van der Waals surface area (Å²) in [6.45, 7) is 0. The average molecular weight is 433 g/mol. The standard InChI is InChI=1S/C8H16O2Si.C4H12OSSi.2C2H6O2/c1-9-11-5-6-2-3-7-8(4-6)10-7;1-5-7-4-2-3-6;2*1-3-4-2/h6-8H,2-5,11H2,1H3;6H,2-4,7H2,1H3;2*1-2H3. The Kier molecular flexibility index (Phi) is 26.0. The average Bonchev–Trinajstić information content (AvgIpc) is 3.46. The van der Waals surface area contributed by atoms with Crippen LogP contribution in [0.4, 0.5) is 0 Å². The fourth-order valence-electron chi connectivity index (χ4n) is 2.39. The molecular weight excluding hydrogens is 392 g/mol. The number of thiol groups is 1. The highest BCUT2D eigenvalue weighted by Gasteiger charge is 2.43. The summed E-state index contributed by atoms with van der Waals surface area (Å²) in [6, 6.07) is 2.64. The van der Waals surface area contributed by atoms with E-state index < -0.39 is 0 Å². The lowest BCUT2D eigenvalue weighted by Gasteiger charge is -2.17. The largest absolute Gasteiger partial charge is 0.427 e. The molecule has 3 unspecified atom stereocenters. The molecular formula is C16H40O7SSi2. The molecule has 1 heterocycles. The van der Waals surface area contributed by atoms with Crippen LogP contribution in [0.15, 0.2) is 0 Å². The quantitative estimate of drug-likeness (QED) is 0.148. The SMILES string of the molecule is COOC.COOC.CO[SiH2]CC1CCC2OC2C1.CO[SiH2]CCCS. The number of hydrogen-bond donors (Lipinski definition) is 1. The predicted octanol–water partition coefficient (Wildman–Crippen LogP) is 1.55. The van der Waals surface area contributed by atoms with Crippen LogP contribution in [0.3, 0.4) is 0 Å². The van der Waals surface area contributed by atoms with Crippen LogP contribution in [0, 0.1) is 5.92 Å². The second kappa shape index (κ2) is 23.5. The third kappa shape index (κ3) is 20.8. The zero-order chi connectivity index (χ0) is 20.0. The number of rotatable bonds is 9. The van der Waals surface area contributed by atoms with Gasteiger partial charge in [-0.3, -0.25) is 0 Å². The van der Waals surface area contributed by atoms with Gasteiger partial charge in [-0.05, 0) is 49.4 Å². The molecule has 0 radical (unpaired) electrons. The van der Waals surface area contributed by atoms with Gasteiger partial charge in [-0.15, -0.1) is 0 Å². The summed E-state index contributed by atoms with van der Waals surface area (Å²) >= 11 is 4.06. The molecule has 0 aromatic heterocycles. The van der Waals surface area contributed by atoms with Crippen molar-refractivity contribution in [1.82, 2.24) is 0 Å². The van der Waals surface area contributed by atoms with Crippen molar-refractivity contribution in [3.63, 3.8) is 0 Å². The van der Waals surface area contributed by atoms with Gasteiger partial charge in [-0.2, -0.15) is 12.6 Å². The molecule has 3 atom stereocenters. The minimum atomic E-state index is -0.183. The first-order valence-corrected chi connectivity index (χ1v) is 12.8. The molecule has 1 saturated heterocycles. The van der Waals surface area contributed by atoms with Crippen molar-refractivity contribution in [2.24, 2.45) is 5.92 Å². The van der Waals surface area contributed by atoms with Gasteiger partial charge in [0.25, 0.3) is 0 Å². The van der Waals surface area contributed by atoms with Crippen molar-refractivity contribution in [2.75, 3.05) is 48.4 Å². The maximum absolute atomic E-state index is 5.46. The van der Waals surface area contributed by atoms with Crippen LogP contribution in [0.2, 0.25) is 12.1 Å². The van der Waals surface area contributed by atoms with Crippen molar-refractivity contribution >= 4 is 32.2 Å². The van der Waals surface area contributed by atoms with E-state index in [0.717, 1.165) is 11.7 Å². The van der Waals surface area contributed by atoms with Gasteiger partial charge in [0.15, 0.2) is 19.5 Å². The summed E-state index contributed by atoms with van der Waals surface area (Å²) in [5.74, 6) is 1.95. The smallest absolute Gasteiger partial charge is 0.161 e. The van der Waals surface area contributed by atoms with E-state index in [2.05, 4.69) is 32.2 Å². The van der Waals surface area contributed by atoms with E-state index in [-0.39, 0.29) is 19.5 Å². The van der Waals surface area contributed by atoms with Crippen LogP contribution in [0.5, 0.6) is 0 Å². The van der Waals surface area contributed by atoms with Crippen molar-refractivity contribution in [3.8, 4) is 0 Å². The van der Waals surface area contributed by atoms with Gasteiger partial charge in [-0.25, -0.2) is 19.6 Å². The van der Waals surface area contributed by atoms with Gasteiger partial charge in [0.1, 0.15) is 0 Å². The molecule has 0 N–H and O–H groups in total. The van der Waals surface area contributed by atoms with E-state index in [1.54, 1.807) is 7.11 Å². The first-order valence-electron chi connectivity index (χ1n) is 9.02. The highest BCUT2D eigenvalue weighted by molar-refractivity contribution is 7.80. The Morgan fingerprint density at radius 3 is 1.85 bits per heavy atom. The first-order chi connectivity index (χ1) is 12.6. The van der Waals surface area contributed by atoms with Crippen molar-refractivity contribution in [2.45, 2.75) is 50.0 Å². The van der Waals surface area contributed by atoms with Gasteiger partial charge < -0.3 is 13.6 Å². The number of ether oxygens (including phenoxy) is 1. The van der Waals surface area contributed by atoms with Gasteiger partial charge in [0.05, 0.1) is 40.6 Å². The Balaban J connectivity index is 0. The maximum atomic E-state index is 5.46. The molecule has 0 bridgehead atoms. The summed E-state index contributed by atoms with van der Waals surface area (Å²) < 4.78 is 15.6. The Morgan fingerprint density at radius 2 is 1.42 bits per heavy atom. The molecule has 0 amide bonds. The lowest BCUT2D eigenvalue weighted by molar-refractivity contribution is -0.248. The lowest BCUT2D eigenvalue weighted by atomic mass is 9.91. The molecule has 7 nitrogen and oxygen atoms in total. The highest BCUT2D eigenvalue weighted by atomic mass is 32.1. The van der Waals surface area contributed by atoms with Crippen LogP contribution in [-0.2, 0) is 33.1 Å². The molecule has 0 spiro atoms. The Bertz CT molecular complexity index is 257. The summed E-state index contributed by atoms with van der Waals surface area (Å²) in [4.78, 5) is 16.2. The number of epoxide rings is 1. The fraction of sp³-hybridized carbons (Fsp3) is 1.00.